The van der Waals surface area contributed by atoms with Gasteiger partial charge < -0.3 is 5.32 Å². The zero-order chi connectivity index (χ0) is 13.0. The molecule has 1 heterocycles. The number of rotatable bonds is 3. The number of aromatic nitrogens is 2. The second-order valence-electron chi connectivity index (χ2n) is 4.99. The fourth-order valence-electron chi connectivity index (χ4n) is 2.36. The Hall–Kier alpha value is -1.43. The molecule has 1 saturated carbocycles. The maximum absolute atomic E-state index is 13.6. The lowest BCUT2D eigenvalue weighted by molar-refractivity contribution is 0.501. The van der Waals surface area contributed by atoms with Crippen molar-refractivity contribution in [2.24, 2.45) is 11.8 Å². The minimum Gasteiger partial charge on any atom is -0.365 e. The largest absolute Gasteiger partial charge is 0.365 e. The first-order valence-corrected chi connectivity index (χ1v) is 6.44. The summed E-state index contributed by atoms with van der Waals surface area (Å²) in [7, 11) is 0. The Labute approximate surface area is 106 Å². The maximum atomic E-state index is 13.6. The molecule has 6 heteroatoms. The minimum absolute atomic E-state index is 0.223. The van der Waals surface area contributed by atoms with Crippen LogP contribution in [0.4, 0.5) is 16.2 Å². The topological polar surface area (TPSA) is 75.9 Å². The van der Waals surface area contributed by atoms with Crippen molar-refractivity contribution >= 4 is 11.8 Å². The predicted octanol–water partition coefficient (Wildman–Crippen LogP) is 2.28. The number of halogens is 1. The summed E-state index contributed by atoms with van der Waals surface area (Å²) in [4.78, 5) is 7.72. The predicted molar refractivity (Wildman–Crippen MR) is 69.5 cm³/mol. The molecule has 100 valence electrons. The van der Waals surface area contributed by atoms with E-state index >= 15 is 0 Å². The zero-order valence-electron chi connectivity index (χ0n) is 10.6. The molecule has 0 spiro atoms. The fourth-order valence-corrected chi connectivity index (χ4v) is 2.36. The Bertz CT molecular complexity index is 398. The fraction of sp³-hybridized carbons (Fsp3) is 0.667. The van der Waals surface area contributed by atoms with Crippen LogP contribution in [0.25, 0.3) is 0 Å². The van der Waals surface area contributed by atoms with E-state index in [2.05, 4.69) is 27.6 Å². The summed E-state index contributed by atoms with van der Waals surface area (Å²) in [5.74, 6) is 6.00. The van der Waals surface area contributed by atoms with Crippen molar-refractivity contribution in [1.29, 1.82) is 0 Å². The van der Waals surface area contributed by atoms with Crippen molar-refractivity contribution in [3.63, 3.8) is 0 Å². The number of anilines is 2. The third-order valence-corrected chi connectivity index (χ3v) is 3.47. The molecule has 0 aliphatic heterocycles. The molecular formula is C12H20FN5. The normalized spacial score (nSPS) is 24.4. The number of nitrogens with zero attached hydrogens (tertiary/aromatic N) is 2. The van der Waals surface area contributed by atoms with Gasteiger partial charge in [0.15, 0.2) is 11.6 Å². The molecule has 2 rings (SSSR count). The van der Waals surface area contributed by atoms with Crippen LogP contribution in [-0.4, -0.2) is 16.0 Å². The Morgan fingerprint density at radius 2 is 2.17 bits per heavy atom. The van der Waals surface area contributed by atoms with Gasteiger partial charge in [0.25, 0.3) is 0 Å². The summed E-state index contributed by atoms with van der Waals surface area (Å²) in [6.45, 7) is 2.27. The second kappa shape index (κ2) is 5.95. The number of nitrogens with one attached hydrogen (secondary N) is 2. The number of hydrazine groups is 1. The van der Waals surface area contributed by atoms with E-state index in [-0.39, 0.29) is 17.8 Å². The van der Waals surface area contributed by atoms with E-state index in [1.165, 1.54) is 19.3 Å². The minimum atomic E-state index is -0.439. The van der Waals surface area contributed by atoms with Crippen LogP contribution in [0.5, 0.6) is 0 Å². The van der Waals surface area contributed by atoms with Crippen molar-refractivity contribution in [3.05, 3.63) is 12.0 Å². The molecule has 0 aromatic carbocycles. The van der Waals surface area contributed by atoms with Crippen LogP contribution in [0, 0.1) is 11.7 Å². The van der Waals surface area contributed by atoms with Crippen LogP contribution in [0.2, 0.25) is 0 Å². The van der Waals surface area contributed by atoms with Gasteiger partial charge in [-0.1, -0.05) is 19.8 Å². The molecular weight excluding hydrogens is 233 g/mol. The standard InChI is InChI=1S/C12H20FN5/c1-8-3-2-4-9(6-5-8)16-11-10(13)7-15-12(17-11)18-14/h7-9H,2-6,14H2,1H3,(H2,15,16,17,18). The van der Waals surface area contributed by atoms with Crippen LogP contribution in [0.3, 0.4) is 0 Å². The van der Waals surface area contributed by atoms with Gasteiger partial charge in [-0.15, -0.1) is 0 Å². The van der Waals surface area contributed by atoms with Gasteiger partial charge in [0.1, 0.15) is 0 Å². The highest BCUT2D eigenvalue weighted by Crippen LogP contribution is 2.25. The molecule has 1 aliphatic rings. The van der Waals surface area contributed by atoms with Crippen LogP contribution < -0.4 is 16.6 Å². The molecule has 18 heavy (non-hydrogen) atoms. The number of hydrogen-bond donors (Lipinski definition) is 3. The Kier molecular flexibility index (Phi) is 4.30. The van der Waals surface area contributed by atoms with Gasteiger partial charge >= 0.3 is 0 Å². The maximum Gasteiger partial charge on any atom is 0.239 e. The number of nitrogens with two attached hydrogens (primary N) is 1. The molecule has 2 atom stereocenters. The first-order valence-electron chi connectivity index (χ1n) is 6.44. The molecule has 1 aromatic rings. The molecule has 0 amide bonds. The van der Waals surface area contributed by atoms with Gasteiger partial charge in [0.05, 0.1) is 6.20 Å². The van der Waals surface area contributed by atoms with E-state index < -0.39 is 5.82 Å². The van der Waals surface area contributed by atoms with Gasteiger partial charge in [-0.2, -0.15) is 4.98 Å². The Morgan fingerprint density at radius 3 is 2.94 bits per heavy atom. The highest BCUT2D eigenvalue weighted by molar-refractivity contribution is 5.41. The van der Waals surface area contributed by atoms with Crippen molar-refractivity contribution in [2.75, 3.05) is 10.7 Å². The molecule has 5 nitrogen and oxygen atoms in total. The molecule has 4 N–H and O–H groups in total. The molecule has 0 bridgehead atoms. The summed E-state index contributed by atoms with van der Waals surface area (Å²) >= 11 is 0. The Morgan fingerprint density at radius 1 is 1.33 bits per heavy atom. The summed E-state index contributed by atoms with van der Waals surface area (Å²) < 4.78 is 13.6. The van der Waals surface area contributed by atoms with Crippen molar-refractivity contribution < 1.29 is 4.39 Å². The van der Waals surface area contributed by atoms with E-state index in [1.54, 1.807) is 0 Å². The summed E-state index contributed by atoms with van der Waals surface area (Å²) in [5.41, 5.74) is 2.32. The zero-order valence-corrected chi connectivity index (χ0v) is 10.6. The second-order valence-corrected chi connectivity index (χ2v) is 4.99. The lowest BCUT2D eigenvalue weighted by Gasteiger charge is -2.17. The summed E-state index contributed by atoms with van der Waals surface area (Å²) in [6, 6.07) is 0.282. The highest BCUT2D eigenvalue weighted by atomic mass is 19.1. The molecule has 1 aromatic heterocycles. The Balaban J connectivity index is 2.03. The van der Waals surface area contributed by atoms with Crippen LogP contribution in [0.1, 0.15) is 39.0 Å². The lowest BCUT2D eigenvalue weighted by Crippen LogP contribution is -2.21. The first-order chi connectivity index (χ1) is 8.69. The third kappa shape index (κ3) is 3.29. The van der Waals surface area contributed by atoms with Crippen molar-refractivity contribution in [2.45, 2.75) is 45.1 Å². The van der Waals surface area contributed by atoms with Crippen molar-refractivity contribution in [1.82, 2.24) is 9.97 Å². The van der Waals surface area contributed by atoms with Gasteiger partial charge in [0, 0.05) is 6.04 Å². The van der Waals surface area contributed by atoms with E-state index in [9.17, 15) is 4.39 Å². The van der Waals surface area contributed by atoms with E-state index in [1.807, 2.05) is 0 Å². The first kappa shape index (κ1) is 13.0. The third-order valence-electron chi connectivity index (χ3n) is 3.47. The average Bonchev–Trinajstić information content (AvgIpc) is 2.57. The van der Waals surface area contributed by atoms with Gasteiger partial charge in [-0.25, -0.2) is 15.2 Å². The average molecular weight is 253 g/mol. The van der Waals surface area contributed by atoms with Crippen molar-refractivity contribution in [3.8, 4) is 0 Å². The summed E-state index contributed by atoms with van der Waals surface area (Å²) in [5, 5.41) is 3.16. The highest BCUT2D eigenvalue weighted by Gasteiger charge is 2.18. The van der Waals surface area contributed by atoms with Gasteiger partial charge in [-0.05, 0) is 25.2 Å². The van der Waals surface area contributed by atoms with Gasteiger partial charge in [-0.3, -0.25) is 5.43 Å². The lowest BCUT2D eigenvalue weighted by atomic mass is 10.0. The van der Waals surface area contributed by atoms with E-state index in [0.717, 1.165) is 25.0 Å². The number of hydrogen-bond acceptors (Lipinski definition) is 5. The molecule has 0 saturated heterocycles. The van der Waals surface area contributed by atoms with E-state index in [4.69, 9.17) is 5.84 Å². The molecule has 1 aliphatic carbocycles. The van der Waals surface area contributed by atoms with Crippen LogP contribution in [-0.2, 0) is 0 Å². The summed E-state index contributed by atoms with van der Waals surface area (Å²) in [6.07, 6.45) is 6.83. The molecule has 2 unspecified atom stereocenters. The van der Waals surface area contributed by atoms with Crippen LogP contribution in [0.15, 0.2) is 6.20 Å². The SMILES string of the molecule is CC1CCCC(Nc2nc(NN)ncc2F)CC1. The molecule has 0 radical (unpaired) electrons. The number of nitrogen functional groups attached to an aromatic ring is 1. The quantitative estimate of drug-likeness (QED) is 0.438. The van der Waals surface area contributed by atoms with Crippen LogP contribution >= 0.6 is 0 Å². The van der Waals surface area contributed by atoms with E-state index in [0.29, 0.717) is 0 Å². The van der Waals surface area contributed by atoms with Gasteiger partial charge in [0.2, 0.25) is 5.95 Å². The smallest absolute Gasteiger partial charge is 0.239 e. The monoisotopic (exact) mass is 253 g/mol. The molecule has 1 fully saturated rings.